The molecule has 164 valence electrons. The van der Waals surface area contributed by atoms with E-state index in [0.29, 0.717) is 31.2 Å². The molecule has 1 aliphatic heterocycles. The van der Waals surface area contributed by atoms with E-state index in [4.69, 9.17) is 9.62 Å². The number of aryl methyl sites for hydroxylation is 3. The molecule has 0 unspecified atom stereocenters. The third-order valence-corrected chi connectivity index (χ3v) is 6.13. The number of hydrogen-bond donors (Lipinski definition) is 0. The number of fused-ring (bicyclic) bond motifs is 1. The van der Waals surface area contributed by atoms with E-state index in [-0.39, 0.29) is 12.3 Å². The summed E-state index contributed by atoms with van der Waals surface area (Å²) >= 11 is 0. The summed E-state index contributed by atoms with van der Waals surface area (Å²) in [5.41, 5.74) is 5.75. The van der Waals surface area contributed by atoms with Crippen molar-refractivity contribution >= 4 is 5.91 Å². The van der Waals surface area contributed by atoms with Crippen molar-refractivity contribution in [2.75, 3.05) is 6.54 Å². The molecule has 1 amide bonds. The van der Waals surface area contributed by atoms with E-state index in [1.54, 1.807) is 6.33 Å². The van der Waals surface area contributed by atoms with Crippen LogP contribution < -0.4 is 0 Å². The number of aromatic nitrogens is 6. The van der Waals surface area contributed by atoms with Crippen LogP contribution in [0.5, 0.6) is 0 Å². The number of amides is 1. The molecule has 0 aliphatic carbocycles. The van der Waals surface area contributed by atoms with Crippen molar-refractivity contribution in [1.82, 2.24) is 34.6 Å². The van der Waals surface area contributed by atoms with Gasteiger partial charge in [0, 0.05) is 43.4 Å². The number of hydrogen-bond acceptors (Lipinski definition) is 6. The number of carbonyl (C=O) groups is 1. The summed E-state index contributed by atoms with van der Waals surface area (Å²) in [4.78, 5) is 15.0. The van der Waals surface area contributed by atoms with Crippen molar-refractivity contribution in [3.8, 4) is 11.5 Å². The summed E-state index contributed by atoms with van der Waals surface area (Å²) in [6.07, 6.45) is 2.77. The first-order valence-corrected chi connectivity index (χ1v) is 10.7. The molecule has 0 atom stereocenters. The van der Waals surface area contributed by atoms with Gasteiger partial charge in [0.05, 0.1) is 18.7 Å². The van der Waals surface area contributed by atoms with E-state index in [1.807, 2.05) is 53.2 Å². The molecule has 0 N–H and O–H groups in total. The number of rotatable bonds is 5. The number of carbonyl (C=O) groups excluding carboxylic acids is 1. The van der Waals surface area contributed by atoms with Gasteiger partial charge in [-0.2, -0.15) is 5.10 Å². The lowest BCUT2D eigenvalue weighted by atomic mass is 10.0. The minimum Gasteiger partial charge on any atom is -0.361 e. The van der Waals surface area contributed by atoms with Gasteiger partial charge in [0.1, 0.15) is 17.8 Å². The fourth-order valence-corrected chi connectivity index (χ4v) is 4.34. The highest BCUT2D eigenvalue weighted by atomic mass is 16.5. The Kier molecular flexibility index (Phi) is 5.08. The molecule has 32 heavy (non-hydrogen) atoms. The molecule has 0 saturated carbocycles. The van der Waals surface area contributed by atoms with Gasteiger partial charge in [0.2, 0.25) is 5.91 Å². The summed E-state index contributed by atoms with van der Waals surface area (Å²) in [6.45, 7) is 5.52. The van der Waals surface area contributed by atoms with Crippen LogP contribution in [0.25, 0.3) is 11.5 Å². The van der Waals surface area contributed by atoms with Crippen LogP contribution in [0.2, 0.25) is 0 Å². The first-order valence-electron chi connectivity index (χ1n) is 10.7. The third kappa shape index (κ3) is 3.59. The van der Waals surface area contributed by atoms with Crippen LogP contribution in [0.1, 0.15) is 33.8 Å². The second-order valence-electron chi connectivity index (χ2n) is 8.21. The highest BCUT2D eigenvalue weighted by molar-refractivity contribution is 5.80. The van der Waals surface area contributed by atoms with Crippen LogP contribution in [0.3, 0.4) is 0 Å². The smallest absolute Gasteiger partial charge is 0.227 e. The second kappa shape index (κ2) is 8.07. The Morgan fingerprint density at radius 3 is 2.75 bits per heavy atom. The van der Waals surface area contributed by atoms with Crippen molar-refractivity contribution < 1.29 is 9.32 Å². The monoisotopic (exact) mass is 431 g/mol. The Bertz CT molecular complexity index is 1250. The standard InChI is InChI=1S/C23H25N7O2/c1-15-18(16(2)32-27-15)11-21(31)29-10-9-20-19(13-29)22(26-28(20)3)23-25-24-14-30(23)12-17-7-5-4-6-8-17/h4-8,14H,9-13H2,1-3H3. The minimum absolute atomic E-state index is 0.0607. The Morgan fingerprint density at radius 2 is 2.00 bits per heavy atom. The SMILES string of the molecule is Cc1noc(C)c1CC(=O)N1CCc2c(c(-c3nncn3Cc3ccccc3)nn2C)C1. The maximum atomic E-state index is 13.1. The molecular formula is C23H25N7O2. The van der Waals surface area contributed by atoms with Crippen molar-refractivity contribution in [2.45, 2.75) is 39.8 Å². The zero-order chi connectivity index (χ0) is 22.2. The summed E-state index contributed by atoms with van der Waals surface area (Å²) in [5.74, 6) is 1.47. The first kappa shape index (κ1) is 20.2. The first-order chi connectivity index (χ1) is 15.5. The lowest BCUT2D eigenvalue weighted by Gasteiger charge is -2.27. The molecule has 5 rings (SSSR count). The van der Waals surface area contributed by atoms with Crippen molar-refractivity contribution in [2.24, 2.45) is 7.05 Å². The molecule has 9 nitrogen and oxygen atoms in total. The zero-order valence-electron chi connectivity index (χ0n) is 18.4. The van der Waals surface area contributed by atoms with Crippen LogP contribution in [-0.2, 0) is 37.8 Å². The molecule has 9 heteroatoms. The summed E-state index contributed by atoms with van der Waals surface area (Å²) < 4.78 is 9.13. The molecular weight excluding hydrogens is 406 g/mol. The summed E-state index contributed by atoms with van der Waals surface area (Å²) in [6, 6.07) is 10.2. The molecule has 0 fully saturated rings. The molecule has 0 radical (unpaired) electrons. The Morgan fingerprint density at radius 1 is 1.19 bits per heavy atom. The molecule has 0 spiro atoms. The van der Waals surface area contributed by atoms with E-state index in [9.17, 15) is 4.79 Å². The van der Waals surface area contributed by atoms with E-state index in [2.05, 4.69) is 27.5 Å². The van der Waals surface area contributed by atoms with Crippen molar-refractivity contribution in [3.05, 3.63) is 70.5 Å². The van der Waals surface area contributed by atoms with Gasteiger partial charge in [-0.1, -0.05) is 35.5 Å². The fourth-order valence-electron chi connectivity index (χ4n) is 4.34. The predicted octanol–water partition coefficient (Wildman–Crippen LogP) is 2.46. The van der Waals surface area contributed by atoms with Crippen LogP contribution in [0, 0.1) is 13.8 Å². The van der Waals surface area contributed by atoms with Crippen LogP contribution >= 0.6 is 0 Å². The van der Waals surface area contributed by atoms with E-state index >= 15 is 0 Å². The largest absolute Gasteiger partial charge is 0.361 e. The maximum Gasteiger partial charge on any atom is 0.227 e. The fraction of sp³-hybridized carbons (Fsp3) is 0.348. The minimum atomic E-state index is 0.0607. The predicted molar refractivity (Wildman–Crippen MR) is 117 cm³/mol. The topological polar surface area (TPSA) is 94.9 Å². The van der Waals surface area contributed by atoms with Crippen LogP contribution in [-0.4, -0.2) is 47.1 Å². The quantitative estimate of drug-likeness (QED) is 0.482. The molecule has 4 heterocycles. The van der Waals surface area contributed by atoms with Gasteiger partial charge in [0.25, 0.3) is 0 Å². The molecule has 1 aliphatic rings. The molecule has 4 aromatic rings. The molecule has 0 saturated heterocycles. The van der Waals surface area contributed by atoms with E-state index in [1.165, 1.54) is 0 Å². The van der Waals surface area contributed by atoms with Gasteiger partial charge < -0.3 is 14.0 Å². The van der Waals surface area contributed by atoms with Gasteiger partial charge in [0.15, 0.2) is 5.82 Å². The Balaban J connectivity index is 1.42. The van der Waals surface area contributed by atoms with Crippen molar-refractivity contribution in [3.63, 3.8) is 0 Å². The maximum absolute atomic E-state index is 13.1. The number of nitrogens with zero attached hydrogens (tertiary/aromatic N) is 7. The molecule has 1 aromatic carbocycles. The Hall–Kier alpha value is -3.75. The number of benzene rings is 1. The third-order valence-electron chi connectivity index (χ3n) is 6.13. The second-order valence-corrected chi connectivity index (χ2v) is 8.21. The van der Waals surface area contributed by atoms with Crippen LogP contribution in [0.15, 0.2) is 41.2 Å². The lowest BCUT2D eigenvalue weighted by Crippen LogP contribution is -2.37. The summed E-state index contributed by atoms with van der Waals surface area (Å²) in [5, 5.41) is 17.2. The lowest BCUT2D eigenvalue weighted by molar-refractivity contribution is -0.131. The van der Waals surface area contributed by atoms with Crippen molar-refractivity contribution in [1.29, 1.82) is 0 Å². The average molecular weight is 432 g/mol. The highest BCUT2D eigenvalue weighted by Gasteiger charge is 2.29. The van der Waals surface area contributed by atoms with Gasteiger partial charge in [-0.3, -0.25) is 9.48 Å². The molecule has 3 aromatic heterocycles. The highest BCUT2D eigenvalue weighted by Crippen LogP contribution is 2.29. The van der Waals surface area contributed by atoms with Crippen LogP contribution in [0.4, 0.5) is 0 Å². The average Bonchev–Trinajstić information content (AvgIpc) is 3.48. The molecule has 0 bridgehead atoms. The van der Waals surface area contributed by atoms with Gasteiger partial charge in [-0.15, -0.1) is 10.2 Å². The summed E-state index contributed by atoms with van der Waals surface area (Å²) in [7, 11) is 1.95. The van der Waals surface area contributed by atoms with E-state index < -0.39 is 0 Å². The van der Waals surface area contributed by atoms with Gasteiger partial charge in [-0.05, 0) is 19.4 Å². The van der Waals surface area contributed by atoms with E-state index in [0.717, 1.165) is 40.2 Å². The zero-order valence-corrected chi connectivity index (χ0v) is 18.4. The normalized spacial score (nSPS) is 13.4. The van der Waals surface area contributed by atoms with Gasteiger partial charge >= 0.3 is 0 Å². The Labute approximate surface area is 185 Å². The van der Waals surface area contributed by atoms with Gasteiger partial charge in [-0.25, -0.2) is 0 Å².